The van der Waals surface area contributed by atoms with Crippen LogP contribution < -0.4 is 9.64 Å². The van der Waals surface area contributed by atoms with Gasteiger partial charge in [0, 0.05) is 11.3 Å². The highest BCUT2D eigenvalue weighted by molar-refractivity contribution is 6.51. The Kier molecular flexibility index (Phi) is 8.38. The fourth-order valence-corrected chi connectivity index (χ4v) is 5.05. The lowest BCUT2D eigenvalue weighted by atomic mass is 9.85. The average Bonchev–Trinajstić information content (AvgIpc) is 3.22. The number of Topliss-reactive ketones (excluding diaryl/α,β-unsaturated/α-hetero) is 1. The number of anilines is 1. The molecule has 1 fully saturated rings. The second-order valence-corrected chi connectivity index (χ2v) is 11.4. The number of carbonyl (C=O) groups excluding carboxylic acids is 3. The predicted molar refractivity (Wildman–Crippen MR) is 159 cm³/mol. The van der Waals surface area contributed by atoms with Crippen molar-refractivity contribution in [2.75, 3.05) is 18.6 Å². The molecule has 0 aliphatic carbocycles. The van der Waals surface area contributed by atoms with Crippen LogP contribution in [0.25, 0.3) is 5.76 Å². The summed E-state index contributed by atoms with van der Waals surface area (Å²) in [5, 5.41) is 11.6. The van der Waals surface area contributed by atoms with Gasteiger partial charge in [-0.3, -0.25) is 14.5 Å². The number of esters is 1. The van der Waals surface area contributed by atoms with Crippen LogP contribution in [-0.4, -0.2) is 36.5 Å². The van der Waals surface area contributed by atoms with Crippen molar-refractivity contribution in [3.8, 4) is 5.75 Å². The molecule has 1 aliphatic rings. The van der Waals surface area contributed by atoms with Crippen LogP contribution in [0.3, 0.4) is 0 Å². The summed E-state index contributed by atoms with van der Waals surface area (Å²) < 4.78 is 10.6. The van der Waals surface area contributed by atoms with Crippen LogP contribution in [0.1, 0.15) is 86.1 Å². The van der Waals surface area contributed by atoms with E-state index in [1.807, 2.05) is 51.1 Å². The third-order valence-electron chi connectivity index (χ3n) is 7.31. The highest BCUT2D eigenvalue weighted by Crippen LogP contribution is 2.43. The summed E-state index contributed by atoms with van der Waals surface area (Å²) in [6.45, 7) is 12.8. The van der Waals surface area contributed by atoms with E-state index in [0.717, 1.165) is 11.1 Å². The largest absolute Gasteiger partial charge is 0.507 e. The number of amides is 1. The quantitative estimate of drug-likeness (QED) is 0.147. The molecule has 3 aromatic rings. The molecule has 1 N–H and O–H groups in total. The average molecular weight is 556 g/mol. The fourth-order valence-electron chi connectivity index (χ4n) is 5.05. The maximum absolute atomic E-state index is 13.6. The summed E-state index contributed by atoms with van der Waals surface area (Å²) in [4.78, 5) is 40.6. The number of rotatable bonds is 7. The number of hydrogen-bond donors (Lipinski definition) is 1. The second kappa shape index (κ2) is 11.6. The van der Waals surface area contributed by atoms with E-state index in [-0.39, 0.29) is 22.7 Å². The SMILES string of the molecule is CCOc1ccc(/C(O)=C2/C(=O)C(=O)N(c3ccc(C(=O)OC)cc3)C2c2ccc(C(C)(C)C)cc2)cc1C(C)C. The number of aliphatic hydroxyl groups excluding tert-OH is 1. The highest BCUT2D eigenvalue weighted by Gasteiger charge is 2.47. The molecule has 7 heteroatoms. The number of benzene rings is 3. The summed E-state index contributed by atoms with van der Waals surface area (Å²) in [6.07, 6.45) is 0. The second-order valence-electron chi connectivity index (χ2n) is 11.4. The van der Waals surface area contributed by atoms with Crippen LogP contribution >= 0.6 is 0 Å². The van der Waals surface area contributed by atoms with Crippen LogP contribution in [0.5, 0.6) is 5.75 Å². The summed E-state index contributed by atoms with van der Waals surface area (Å²) in [5.41, 5.74) is 3.70. The van der Waals surface area contributed by atoms with Crippen LogP contribution in [0.15, 0.2) is 72.3 Å². The third kappa shape index (κ3) is 5.75. The first kappa shape index (κ1) is 29.6. The normalized spacial score (nSPS) is 16.8. The maximum Gasteiger partial charge on any atom is 0.337 e. The number of hydrogen-bond acceptors (Lipinski definition) is 6. The van der Waals surface area contributed by atoms with E-state index in [1.165, 1.54) is 12.0 Å². The van der Waals surface area contributed by atoms with Gasteiger partial charge in [-0.15, -0.1) is 0 Å². The Balaban J connectivity index is 1.91. The minimum Gasteiger partial charge on any atom is -0.507 e. The molecule has 1 unspecified atom stereocenters. The van der Waals surface area contributed by atoms with Gasteiger partial charge in [-0.25, -0.2) is 4.79 Å². The molecule has 1 heterocycles. The molecule has 3 aromatic carbocycles. The molecule has 1 saturated heterocycles. The standard InChI is InChI=1S/C34H37NO6/c1-8-41-27-18-13-23(19-26(27)20(2)3)30(36)28-29(21-9-14-24(15-10-21)34(4,5)6)35(32(38)31(28)37)25-16-11-22(12-17-25)33(39)40-7/h9-20,29,36H,8H2,1-7H3/b30-28-. The number of aliphatic hydroxyl groups is 1. The van der Waals surface area contributed by atoms with E-state index in [0.29, 0.717) is 34.7 Å². The first-order valence-electron chi connectivity index (χ1n) is 13.8. The van der Waals surface area contributed by atoms with E-state index in [1.54, 1.807) is 36.4 Å². The lowest BCUT2D eigenvalue weighted by molar-refractivity contribution is -0.132. The van der Waals surface area contributed by atoms with Gasteiger partial charge in [0.15, 0.2) is 0 Å². The van der Waals surface area contributed by atoms with Gasteiger partial charge in [0.05, 0.1) is 30.9 Å². The Morgan fingerprint density at radius 3 is 2.10 bits per heavy atom. The van der Waals surface area contributed by atoms with Gasteiger partial charge < -0.3 is 14.6 Å². The van der Waals surface area contributed by atoms with Crippen molar-refractivity contribution in [3.63, 3.8) is 0 Å². The highest BCUT2D eigenvalue weighted by atomic mass is 16.5. The van der Waals surface area contributed by atoms with Crippen molar-refractivity contribution >= 4 is 29.1 Å². The summed E-state index contributed by atoms with van der Waals surface area (Å²) in [6, 6.07) is 18.4. The molecular formula is C34H37NO6. The van der Waals surface area contributed by atoms with Gasteiger partial charge in [0.2, 0.25) is 0 Å². The summed E-state index contributed by atoms with van der Waals surface area (Å²) in [7, 11) is 1.29. The monoisotopic (exact) mass is 555 g/mol. The molecular weight excluding hydrogens is 518 g/mol. The Bertz CT molecular complexity index is 1490. The molecule has 0 aromatic heterocycles. The number of carbonyl (C=O) groups is 3. The number of ether oxygens (including phenoxy) is 2. The lowest BCUT2D eigenvalue weighted by Crippen LogP contribution is -2.29. The van der Waals surface area contributed by atoms with Crippen LogP contribution in [0.2, 0.25) is 0 Å². The van der Waals surface area contributed by atoms with Gasteiger partial charge in [0.1, 0.15) is 11.5 Å². The van der Waals surface area contributed by atoms with E-state index >= 15 is 0 Å². The molecule has 214 valence electrons. The van der Waals surface area contributed by atoms with Crippen molar-refractivity contribution in [1.29, 1.82) is 0 Å². The minimum atomic E-state index is -0.887. The molecule has 1 amide bonds. The topological polar surface area (TPSA) is 93.1 Å². The number of nitrogens with zero attached hydrogens (tertiary/aromatic N) is 1. The Labute approximate surface area is 241 Å². The van der Waals surface area contributed by atoms with Gasteiger partial charge >= 0.3 is 5.97 Å². The fraction of sp³-hybridized carbons (Fsp3) is 0.324. The molecule has 4 rings (SSSR count). The lowest BCUT2D eigenvalue weighted by Gasteiger charge is -2.27. The van der Waals surface area contributed by atoms with Crippen molar-refractivity contribution in [1.82, 2.24) is 0 Å². The molecule has 0 bridgehead atoms. The molecule has 0 radical (unpaired) electrons. The number of ketones is 1. The van der Waals surface area contributed by atoms with Crippen LogP contribution in [-0.2, 0) is 19.7 Å². The van der Waals surface area contributed by atoms with Gasteiger partial charge in [-0.05, 0) is 77.4 Å². The minimum absolute atomic E-state index is 0.00517. The van der Waals surface area contributed by atoms with E-state index in [4.69, 9.17) is 9.47 Å². The predicted octanol–water partition coefficient (Wildman–Crippen LogP) is 6.92. The van der Waals surface area contributed by atoms with Crippen molar-refractivity contribution < 1.29 is 29.0 Å². The van der Waals surface area contributed by atoms with Crippen LogP contribution in [0.4, 0.5) is 5.69 Å². The molecule has 1 atom stereocenters. The molecule has 41 heavy (non-hydrogen) atoms. The van der Waals surface area contributed by atoms with E-state index < -0.39 is 23.7 Å². The van der Waals surface area contributed by atoms with Gasteiger partial charge in [-0.2, -0.15) is 0 Å². The molecule has 1 aliphatic heterocycles. The van der Waals surface area contributed by atoms with E-state index in [2.05, 4.69) is 20.8 Å². The maximum atomic E-state index is 13.6. The van der Waals surface area contributed by atoms with Gasteiger partial charge in [-0.1, -0.05) is 58.9 Å². The van der Waals surface area contributed by atoms with Crippen molar-refractivity contribution in [3.05, 3.63) is 100 Å². The zero-order valence-corrected chi connectivity index (χ0v) is 24.6. The Morgan fingerprint density at radius 2 is 1.56 bits per heavy atom. The number of methoxy groups -OCH3 is 1. The Hall–Kier alpha value is -4.39. The van der Waals surface area contributed by atoms with Crippen LogP contribution in [0, 0.1) is 0 Å². The molecule has 0 spiro atoms. The molecule has 7 nitrogen and oxygen atoms in total. The zero-order valence-electron chi connectivity index (χ0n) is 24.6. The van der Waals surface area contributed by atoms with Crippen molar-refractivity contribution in [2.45, 2.75) is 58.9 Å². The van der Waals surface area contributed by atoms with E-state index in [9.17, 15) is 19.5 Å². The first-order valence-corrected chi connectivity index (χ1v) is 13.8. The summed E-state index contributed by atoms with van der Waals surface area (Å²) in [5.74, 6) is -1.52. The van der Waals surface area contributed by atoms with Gasteiger partial charge in [0.25, 0.3) is 11.7 Å². The Morgan fingerprint density at radius 1 is 0.951 bits per heavy atom. The third-order valence-corrected chi connectivity index (χ3v) is 7.31. The zero-order chi connectivity index (χ0) is 30.1. The smallest absolute Gasteiger partial charge is 0.337 e. The molecule has 0 saturated carbocycles. The summed E-state index contributed by atoms with van der Waals surface area (Å²) >= 11 is 0. The van der Waals surface area contributed by atoms with Crippen molar-refractivity contribution in [2.24, 2.45) is 0 Å². The first-order chi connectivity index (χ1) is 19.4.